The van der Waals surface area contributed by atoms with E-state index in [-0.39, 0.29) is 12.5 Å². The van der Waals surface area contributed by atoms with Crippen LogP contribution in [0.15, 0.2) is 18.2 Å². The van der Waals surface area contributed by atoms with E-state index in [0.717, 1.165) is 11.3 Å². The molecule has 1 rings (SSSR count). The normalized spacial score (nSPS) is 10.2. The summed E-state index contributed by atoms with van der Waals surface area (Å²) >= 11 is 5.84. The van der Waals surface area contributed by atoms with Crippen molar-refractivity contribution in [1.29, 1.82) is 0 Å². The van der Waals surface area contributed by atoms with E-state index >= 15 is 0 Å². The minimum atomic E-state index is -0.0457. The quantitative estimate of drug-likeness (QED) is 0.859. The molecule has 0 heterocycles. The summed E-state index contributed by atoms with van der Waals surface area (Å²) in [6.07, 6.45) is 0.290. The molecule has 1 N–H and O–H groups in total. The Morgan fingerprint density at radius 1 is 1.50 bits per heavy atom. The molecule has 5 heteroatoms. The van der Waals surface area contributed by atoms with Crippen LogP contribution in [0.4, 0.5) is 0 Å². The van der Waals surface area contributed by atoms with E-state index in [1.807, 2.05) is 13.0 Å². The van der Waals surface area contributed by atoms with Crippen LogP contribution in [-0.4, -0.2) is 42.7 Å². The van der Waals surface area contributed by atoms with E-state index in [1.54, 1.807) is 19.2 Å². The molecule has 18 heavy (non-hydrogen) atoms. The Morgan fingerprint density at radius 2 is 2.22 bits per heavy atom. The molecule has 1 aromatic carbocycles. The van der Waals surface area contributed by atoms with E-state index < -0.39 is 0 Å². The zero-order valence-corrected chi connectivity index (χ0v) is 11.4. The molecule has 0 aromatic heterocycles. The summed E-state index contributed by atoms with van der Waals surface area (Å²) in [7, 11) is 1.66. The SMILES string of the molecule is Cc1cc(Cl)ccc1OCCC(=O)N(C)CCO. The summed E-state index contributed by atoms with van der Waals surface area (Å²) in [5.41, 5.74) is 0.943. The predicted molar refractivity (Wildman–Crippen MR) is 71.0 cm³/mol. The number of hydrogen-bond donors (Lipinski definition) is 1. The molecule has 0 bridgehead atoms. The van der Waals surface area contributed by atoms with Crippen molar-refractivity contribution >= 4 is 17.5 Å². The number of likely N-dealkylation sites (N-methyl/N-ethyl adjacent to an activating group) is 1. The number of halogens is 1. The number of ether oxygens (including phenoxy) is 1. The van der Waals surface area contributed by atoms with Gasteiger partial charge < -0.3 is 14.7 Å². The smallest absolute Gasteiger partial charge is 0.225 e. The van der Waals surface area contributed by atoms with Gasteiger partial charge in [-0.2, -0.15) is 0 Å². The third-order valence-electron chi connectivity index (χ3n) is 2.57. The monoisotopic (exact) mass is 271 g/mol. The number of aliphatic hydroxyl groups is 1. The number of benzene rings is 1. The Bertz CT molecular complexity index is 409. The molecule has 0 spiro atoms. The number of carbonyl (C=O) groups excluding carboxylic acids is 1. The molecule has 0 unspecified atom stereocenters. The van der Waals surface area contributed by atoms with Crippen LogP contribution in [-0.2, 0) is 4.79 Å². The van der Waals surface area contributed by atoms with Crippen molar-refractivity contribution in [1.82, 2.24) is 4.90 Å². The fraction of sp³-hybridized carbons (Fsp3) is 0.462. The fourth-order valence-electron chi connectivity index (χ4n) is 1.49. The van der Waals surface area contributed by atoms with Crippen LogP contribution in [0.5, 0.6) is 5.75 Å². The number of aliphatic hydroxyl groups excluding tert-OH is 1. The van der Waals surface area contributed by atoms with E-state index in [4.69, 9.17) is 21.4 Å². The lowest BCUT2D eigenvalue weighted by atomic mass is 10.2. The molecule has 0 saturated carbocycles. The highest BCUT2D eigenvalue weighted by atomic mass is 35.5. The van der Waals surface area contributed by atoms with Gasteiger partial charge in [-0.3, -0.25) is 4.79 Å². The summed E-state index contributed by atoms with van der Waals surface area (Å²) < 4.78 is 5.52. The van der Waals surface area contributed by atoms with Gasteiger partial charge in [0.1, 0.15) is 5.75 Å². The molecular weight excluding hydrogens is 254 g/mol. The second-order valence-electron chi connectivity index (χ2n) is 4.05. The van der Waals surface area contributed by atoms with Gasteiger partial charge in [0, 0.05) is 18.6 Å². The van der Waals surface area contributed by atoms with Gasteiger partial charge in [0.25, 0.3) is 0 Å². The van der Waals surface area contributed by atoms with Gasteiger partial charge in [0.15, 0.2) is 0 Å². The van der Waals surface area contributed by atoms with Gasteiger partial charge in [-0.1, -0.05) is 11.6 Å². The molecule has 0 aliphatic rings. The summed E-state index contributed by atoms with van der Waals surface area (Å²) in [4.78, 5) is 13.1. The molecule has 1 aromatic rings. The fourth-order valence-corrected chi connectivity index (χ4v) is 1.72. The van der Waals surface area contributed by atoms with Crippen LogP contribution < -0.4 is 4.74 Å². The van der Waals surface area contributed by atoms with Crippen molar-refractivity contribution in [2.75, 3.05) is 26.8 Å². The van der Waals surface area contributed by atoms with E-state index in [9.17, 15) is 4.79 Å². The molecule has 1 amide bonds. The number of nitrogens with zero attached hydrogens (tertiary/aromatic N) is 1. The molecule has 0 radical (unpaired) electrons. The van der Waals surface area contributed by atoms with Gasteiger partial charge in [0.2, 0.25) is 5.91 Å². The third kappa shape index (κ3) is 4.55. The van der Waals surface area contributed by atoms with Crippen molar-refractivity contribution in [3.63, 3.8) is 0 Å². The Balaban J connectivity index is 2.39. The lowest BCUT2D eigenvalue weighted by Gasteiger charge is -2.16. The topological polar surface area (TPSA) is 49.8 Å². The summed E-state index contributed by atoms with van der Waals surface area (Å²) in [5.74, 6) is 0.688. The molecule has 0 aliphatic carbocycles. The predicted octanol–water partition coefficient (Wildman–Crippen LogP) is 1.87. The number of carbonyl (C=O) groups is 1. The average Bonchev–Trinajstić information content (AvgIpc) is 2.32. The Labute approximate surface area is 112 Å². The first-order valence-electron chi connectivity index (χ1n) is 5.78. The molecule has 4 nitrogen and oxygen atoms in total. The van der Waals surface area contributed by atoms with Crippen molar-refractivity contribution in [3.05, 3.63) is 28.8 Å². The average molecular weight is 272 g/mol. The van der Waals surface area contributed by atoms with Crippen LogP contribution in [0.25, 0.3) is 0 Å². The minimum absolute atomic E-state index is 0.0284. The first-order valence-corrected chi connectivity index (χ1v) is 6.16. The van der Waals surface area contributed by atoms with Gasteiger partial charge >= 0.3 is 0 Å². The van der Waals surface area contributed by atoms with Crippen LogP contribution in [0, 0.1) is 6.92 Å². The highest BCUT2D eigenvalue weighted by Gasteiger charge is 2.08. The van der Waals surface area contributed by atoms with E-state index in [0.29, 0.717) is 24.6 Å². The van der Waals surface area contributed by atoms with Gasteiger partial charge in [-0.05, 0) is 30.7 Å². The lowest BCUT2D eigenvalue weighted by molar-refractivity contribution is -0.130. The highest BCUT2D eigenvalue weighted by molar-refractivity contribution is 6.30. The lowest BCUT2D eigenvalue weighted by Crippen LogP contribution is -2.30. The number of aryl methyl sites for hydroxylation is 1. The van der Waals surface area contributed by atoms with Crippen molar-refractivity contribution in [3.8, 4) is 5.75 Å². The largest absolute Gasteiger partial charge is 0.493 e. The van der Waals surface area contributed by atoms with Crippen LogP contribution >= 0.6 is 11.6 Å². The van der Waals surface area contributed by atoms with Crippen LogP contribution in [0.3, 0.4) is 0 Å². The Kier molecular flexibility index (Phi) is 5.95. The van der Waals surface area contributed by atoms with E-state index in [2.05, 4.69) is 0 Å². The maximum Gasteiger partial charge on any atom is 0.225 e. The Morgan fingerprint density at radius 3 is 2.83 bits per heavy atom. The third-order valence-corrected chi connectivity index (χ3v) is 2.81. The van der Waals surface area contributed by atoms with E-state index in [1.165, 1.54) is 4.90 Å². The number of rotatable bonds is 6. The summed E-state index contributed by atoms with van der Waals surface area (Å²) in [6.45, 7) is 2.54. The van der Waals surface area contributed by atoms with Gasteiger partial charge in [-0.25, -0.2) is 0 Å². The number of amides is 1. The molecular formula is C13H18ClNO3. The summed E-state index contributed by atoms with van der Waals surface area (Å²) in [5, 5.41) is 9.38. The molecule has 0 saturated heterocycles. The molecule has 0 fully saturated rings. The highest BCUT2D eigenvalue weighted by Crippen LogP contribution is 2.21. The standard InChI is InChI=1S/C13H18ClNO3/c1-10-9-11(14)3-4-12(10)18-8-5-13(17)15(2)6-7-16/h3-4,9,16H,5-8H2,1-2H3. The second-order valence-corrected chi connectivity index (χ2v) is 4.48. The maximum atomic E-state index is 11.6. The number of hydrogen-bond acceptors (Lipinski definition) is 3. The zero-order valence-electron chi connectivity index (χ0n) is 10.6. The van der Waals surface area contributed by atoms with Crippen LogP contribution in [0.2, 0.25) is 5.02 Å². The van der Waals surface area contributed by atoms with Crippen molar-refractivity contribution in [2.24, 2.45) is 0 Å². The minimum Gasteiger partial charge on any atom is -0.493 e. The Hall–Kier alpha value is -1.26. The van der Waals surface area contributed by atoms with Gasteiger partial charge in [0.05, 0.1) is 19.6 Å². The molecule has 0 atom stereocenters. The second kappa shape index (κ2) is 7.24. The van der Waals surface area contributed by atoms with Crippen molar-refractivity contribution < 1.29 is 14.6 Å². The molecule has 0 aliphatic heterocycles. The van der Waals surface area contributed by atoms with Gasteiger partial charge in [-0.15, -0.1) is 0 Å². The van der Waals surface area contributed by atoms with Crippen molar-refractivity contribution in [2.45, 2.75) is 13.3 Å². The van der Waals surface area contributed by atoms with Crippen LogP contribution in [0.1, 0.15) is 12.0 Å². The molecule has 100 valence electrons. The zero-order chi connectivity index (χ0) is 13.5. The first-order chi connectivity index (χ1) is 8.54. The summed E-state index contributed by atoms with van der Waals surface area (Å²) in [6, 6.07) is 5.36. The first kappa shape index (κ1) is 14.8. The maximum absolute atomic E-state index is 11.6.